The highest BCUT2D eigenvalue weighted by molar-refractivity contribution is 6.31. The number of aryl methyl sites for hydroxylation is 1. The van der Waals surface area contributed by atoms with Crippen molar-refractivity contribution in [1.82, 2.24) is 0 Å². The van der Waals surface area contributed by atoms with Crippen LogP contribution in [0.2, 0.25) is 5.02 Å². The fourth-order valence-electron chi connectivity index (χ4n) is 1.46. The number of halogens is 1. The summed E-state index contributed by atoms with van der Waals surface area (Å²) in [5, 5.41) is 0.549. The Balaban J connectivity index is 2.20. The van der Waals surface area contributed by atoms with E-state index in [1.54, 1.807) is 35.1 Å². The molecule has 0 radical (unpaired) electrons. The first-order valence-electron chi connectivity index (χ1n) is 5.21. The van der Waals surface area contributed by atoms with Crippen molar-refractivity contribution in [3.8, 4) is 0 Å². The van der Waals surface area contributed by atoms with E-state index in [2.05, 4.69) is 5.43 Å². The third-order valence-electron chi connectivity index (χ3n) is 2.37. The van der Waals surface area contributed by atoms with Crippen LogP contribution in [0.5, 0.6) is 0 Å². The molecule has 0 saturated carbocycles. The molecule has 0 saturated heterocycles. The lowest BCUT2D eigenvalue weighted by Gasteiger charge is -2.02. The number of carbonyl (C=O) groups excluding carboxylic acids is 1. The van der Waals surface area contributed by atoms with Gasteiger partial charge in [-0.2, -0.15) is 0 Å². The van der Waals surface area contributed by atoms with E-state index in [0.717, 1.165) is 5.69 Å². The molecular formula is C13H12ClN2O+. The number of nitrogens with zero attached hydrogens (tertiary/aromatic N) is 1. The highest BCUT2D eigenvalue weighted by Crippen LogP contribution is 2.10. The van der Waals surface area contributed by atoms with Crippen LogP contribution in [-0.4, -0.2) is 5.91 Å². The molecule has 17 heavy (non-hydrogen) atoms. The number of carbonyl (C=O) groups is 1. The molecule has 1 aromatic carbocycles. The molecule has 0 aliphatic heterocycles. The summed E-state index contributed by atoms with van der Waals surface area (Å²) in [6.45, 7) is 1.91. The third-order valence-corrected chi connectivity index (χ3v) is 2.61. The Morgan fingerprint density at radius 1 is 1.24 bits per heavy atom. The number of nitrogens with one attached hydrogen (secondary N) is 1. The van der Waals surface area contributed by atoms with Crippen molar-refractivity contribution in [3.63, 3.8) is 0 Å². The van der Waals surface area contributed by atoms with E-state index < -0.39 is 0 Å². The smallest absolute Gasteiger partial charge is 0.264 e. The second kappa shape index (κ2) is 4.97. The summed E-state index contributed by atoms with van der Waals surface area (Å²) in [5.41, 5.74) is 4.26. The lowest BCUT2D eigenvalue weighted by molar-refractivity contribution is -0.647. The average Bonchev–Trinajstić information content (AvgIpc) is 2.32. The predicted octanol–water partition coefficient (Wildman–Crippen LogP) is 2.32. The molecule has 4 heteroatoms. The Bertz CT molecular complexity index is 555. The lowest BCUT2D eigenvalue weighted by Crippen LogP contribution is -2.50. The van der Waals surface area contributed by atoms with Crippen LogP contribution < -0.4 is 10.1 Å². The van der Waals surface area contributed by atoms with E-state index >= 15 is 0 Å². The SMILES string of the molecule is Cc1cccc[n+]1NC(=O)c1cccc(Cl)c1. The highest BCUT2D eigenvalue weighted by Gasteiger charge is 2.12. The number of amides is 1. The minimum atomic E-state index is -0.188. The number of hydrogen-bond acceptors (Lipinski definition) is 1. The van der Waals surface area contributed by atoms with Gasteiger partial charge in [-0.15, -0.1) is 5.43 Å². The second-order valence-electron chi connectivity index (χ2n) is 3.66. The van der Waals surface area contributed by atoms with Crippen LogP contribution >= 0.6 is 11.6 Å². The number of aromatic nitrogens is 1. The van der Waals surface area contributed by atoms with Crippen molar-refractivity contribution in [1.29, 1.82) is 0 Å². The van der Waals surface area contributed by atoms with Crippen LogP contribution in [0.1, 0.15) is 16.1 Å². The quantitative estimate of drug-likeness (QED) is 0.812. The maximum absolute atomic E-state index is 11.9. The zero-order chi connectivity index (χ0) is 12.3. The summed E-state index contributed by atoms with van der Waals surface area (Å²) >= 11 is 5.84. The minimum absolute atomic E-state index is 0.188. The van der Waals surface area contributed by atoms with E-state index in [1.165, 1.54) is 0 Å². The van der Waals surface area contributed by atoms with Gasteiger partial charge in [-0.05, 0) is 24.3 Å². The van der Waals surface area contributed by atoms with Crippen LogP contribution in [0, 0.1) is 6.92 Å². The topological polar surface area (TPSA) is 33.0 Å². The lowest BCUT2D eigenvalue weighted by atomic mass is 10.2. The first-order chi connectivity index (χ1) is 8.16. The third kappa shape index (κ3) is 2.82. The summed E-state index contributed by atoms with van der Waals surface area (Å²) in [7, 11) is 0. The van der Waals surface area contributed by atoms with Crippen molar-refractivity contribution in [2.75, 3.05) is 5.43 Å². The van der Waals surface area contributed by atoms with Crippen molar-refractivity contribution in [2.24, 2.45) is 0 Å². The molecule has 0 bridgehead atoms. The Hall–Kier alpha value is -1.87. The number of rotatable bonds is 2. The highest BCUT2D eigenvalue weighted by atomic mass is 35.5. The van der Waals surface area contributed by atoms with E-state index in [0.29, 0.717) is 10.6 Å². The van der Waals surface area contributed by atoms with Gasteiger partial charge in [0.1, 0.15) is 0 Å². The van der Waals surface area contributed by atoms with Gasteiger partial charge in [0.25, 0.3) is 0 Å². The molecule has 0 atom stereocenters. The maximum Gasteiger partial charge on any atom is 0.305 e. The zero-order valence-electron chi connectivity index (χ0n) is 9.35. The summed E-state index contributed by atoms with van der Waals surface area (Å²) in [5.74, 6) is -0.188. The zero-order valence-corrected chi connectivity index (χ0v) is 10.1. The molecule has 1 aromatic heterocycles. The van der Waals surface area contributed by atoms with E-state index in [4.69, 9.17) is 11.6 Å². The van der Waals surface area contributed by atoms with Gasteiger partial charge in [0, 0.05) is 29.6 Å². The van der Waals surface area contributed by atoms with Crippen molar-refractivity contribution in [2.45, 2.75) is 6.92 Å². The van der Waals surface area contributed by atoms with Gasteiger partial charge in [-0.25, -0.2) is 0 Å². The van der Waals surface area contributed by atoms with Gasteiger partial charge in [-0.3, -0.25) is 4.79 Å². The molecule has 0 unspecified atom stereocenters. The summed E-state index contributed by atoms with van der Waals surface area (Å²) in [6, 6.07) is 12.5. The molecule has 1 heterocycles. The fraction of sp³-hybridized carbons (Fsp3) is 0.0769. The van der Waals surface area contributed by atoms with Gasteiger partial charge in [0.05, 0.1) is 0 Å². The van der Waals surface area contributed by atoms with Crippen LogP contribution in [-0.2, 0) is 0 Å². The molecule has 1 N–H and O–H groups in total. The summed E-state index contributed by atoms with van der Waals surface area (Å²) in [6.07, 6.45) is 1.79. The number of benzene rings is 1. The minimum Gasteiger partial charge on any atom is -0.264 e. The molecule has 0 aliphatic carbocycles. The van der Waals surface area contributed by atoms with E-state index in [9.17, 15) is 4.79 Å². The molecule has 2 rings (SSSR count). The summed E-state index contributed by atoms with van der Waals surface area (Å²) in [4.78, 5) is 11.9. The fourth-order valence-corrected chi connectivity index (χ4v) is 1.65. The molecule has 1 amide bonds. The van der Waals surface area contributed by atoms with Gasteiger partial charge >= 0.3 is 5.91 Å². The van der Waals surface area contributed by atoms with Gasteiger partial charge in [0.2, 0.25) is 5.69 Å². The van der Waals surface area contributed by atoms with Crippen LogP contribution in [0.4, 0.5) is 0 Å². The molecule has 0 fully saturated rings. The Morgan fingerprint density at radius 3 is 2.76 bits per heavy atom. The van der Waals surface area contributed by atoms with Crippen molar-refractivity contribution in [3.05, 3.63) is 64.9 Å². The van der Waals surface area contributed by atoms with Crippen LogP contribution in [0.3, 0.4) is 0 Å². The average molecular weight is 248 g/mol. The monoisotopic (exact) mass is 247 g/mol. The maximum atomic E-state index is 11.9. The predicted molar refractivity (Wildman–Crippen MR) is 66.5 cm³/mol. The molecule has 0 aliphatic rings. The molecule has 3 nitrogen and oxygen atoms in total. The molecule has 86 valence electrons. The standard InChI is InChI=1S/C13H11ClN2O/c1-10-5-2-3-8-16(10)15-13(17)11-6-4-7-12(14)9-11/h2-9H,1H3/p+1. The largest absolute Gasteiger partial charge is 0.305 e. The van der Waals surface area contributed by atoms with Gasteiger partial charge < -0.3 is 0 Å². The second-order valence-corrected chi connectivity index (χ2v) is 4.10. The molecule has 0 spiro atoms. The van der Waals surface area contributed by atoms with E-state index in [1.807, 2.05) is 25.1 Å². The molecule has 2 aromatic rings. The Labute approximate surface area is 105 Å². The molecular weight excluding hydrogens is 236 g/mol. The summed E-state index contributed by atoms with van der Waals surface area (Å²) < 4.78 is 1.67. The first kappa shape index (κ1) is 11.6. The van der Waals surface area contributed by atoms with Gasteiger partial charge in [-0.1, -0.05) is 22.3 Å². The Kier molecular flexibility index (Phi) is 3.40. The normalized spacial score (nSPS) is 10.0. The Morgan fingerprint density at radius 2 is 2.06 bits per heavy atom. The van der Waals surface area contributed by atoms with Crippen LogP contribution in [0.25, 0.3) is 0 Å². The van der Waals surface area contributed by atoms with Gasteiger partial charge in [0.15, 0.2) is 6.20 Å². The first-order valence-corrected chi connectivity index (χ1v) is 5.59. The van der Waals surface area contributed by atoms with Crippen molar-refractivity contribution >= 4 is 17.5 Å². The van der Waals surface area contributed by atoms with Crippen LogP contribution in [0.15, 0.2) is 48.7 Å². The van der Waals surface area contributed by atoms with E-state index in [-0.39, 0.29) is 5.91 Å². The van der Waals surface area contributed by atoms with Crippen molar-refractivity contribution < 1.29 is 9.47 Å². The number of pyridine rings is 1. The number of hydrogen-bond donors (Lipinski definition) is 1.